The maximum absolute atomic E-state index is 12.6. The average molecular weight is 496 g/mol. The van der Waals surface area contributed by atoms with E-state index in [1.807, 2.05) is 65.7 Å². The van der Waals surface area contributed by atoms with Gasteiger partial charge in [-0.2, -0.15) is 4.98 Å². The molecule has 0 aliphatic carbocycles. The molecule has 37 heavy (non-hydrogen) atoms. The summed E-state index contributed by atoms with van der Waals surface area (Å²) in [5.74, 6) is 2.97. The zero-order valence-corrected chi connectivity index (χ0v) is 21.1. The van der Waals surface area contributed by atoms with Gasteiger partial charge < -0.3 is 15.4 Å². The molecule has 2 unspecified atom stereocenters. The lowest BCUT2D eigenvalue weighted by Gasteiger charge is -2.40. The summed E-state index contributed by atoms with van der Waals surface area (Å²) in [6.45, 7) is 8.61. The molecule has 2 aliphatic heterocycles. The maximum Gasteiger partial charge on any atom is 0.363 e. The second-order valence-electron chi connectivity index (χ2n) is 9.68. The van der Waals surface area contributed by atoms with E-state index in [1.165, 1.54) is 12.4 Å². The quantitative estimate of drug-likeness (QED) is 0.392. The molecule has 2 aliphatic rings. The van der Waals surface area contributed by atoms with E-state index in [1.54, 1.807) is 4.68 Å². The van der Waals surface area contributed by atoms with Crippen LogP contribution in [0.2, 0.25) is 0 Å². The fourth-order valence-corrected chi connectivity index (χ4v) is 5.01. The summed E-state index contributed by atoms with van der Waals surface area (Å²) in [4.78, 5) is 23.2. The minimum Gasteiger partial charge on any atom is -0.457 e. The van der Waals surface area contributed by atoms with Crippen molar-refractivity contribution in [2.45, 2.75) is 32.7 Å². The van der Waals surface area contributed by atoms with E-state index in [-0.39, 0.29) is 17.9 Å². The summed E-state index contributed by atoms with van der Waals surface area (Å²) in [6.07, 6.45) is 6.77. The number of amides is 1. The first-order valence-corrected chi connectivity index (χ1v) is 12.5. The van der Waals surface area contributed by atoms with Crippen molar-refractivity contribution in [2.24, 2.45) is 16.9 Å². The van der Waals surface area contributed by atoms with E-state index >= 15 is 0 Å². The summed E-state index contributed by atoms with van der Waals surface area (Å²) in [5, 5.41) is 4.89. The number of hydrogen-bond acceptors (Lipinski definition) is 6. The summed E-state index contributed by atoms with van der Waals surface area (Å²) in [7, 11) is 0. The number of nitrogens with zero attached hydrogens (tertiary/aromatic N) is 5. The minimum absolute atomic E-state index is 0.0350. The van der Waals surface area contributed by atoms with E-state index in [9.17, 15) is 4.79 Å². The summed E-state index contributed by atoms with van der Waals surface area (Å²) in [5.41, 5.74) is 8.58. The molecule has 3 aromatic rings. The normalized spacial score (nSPS) is 20.0. The number of aromatic nitrogens is 2. The standard InChI is InChI=1S/C29H31N6O2/c1-4-25(36)34-16-20(10-15-24(34)19(2)3)17-35-29-26(28(30)31-18-32-29)27(33-35)21-11-13-23(14-12-21)37-22-8-6-5-7-9-22/h4-9,11-14,17-20,24H,1,10,15-16H2,2-3H3,(H2,30,31,32)/q+1/b35-17+. The number of anilines is 1. The summed E-state index contributed by atoms with van der Waals surface area (Å²) >= 11 is 0. The molecule has 1 fully saturated rings. The van der Waals surface area contributed by atoms with Crippen LogP contribution in [0.15, 0.2) is 78.7 Å². The first-order chi connectivity index (χ1) is 17.9. The van der Waals surface area contributed by atoms with Gasteiger partial charge in [-0.25, -0.2) is 0 Å². The molecule has 0 saturated carbocycles. The Morgan fingerprint density at radius 1 is 1.11 bits per heavy atom. The lowest BCUT2D eigenvalue weighted by atomic mass is 9.87. The van der Waals surface area contributed by atoms with Gasteiger partial charge in [-0.1, -0.05) is 43.7 Å². The number of piperidine rings is 1. The van der Waals surface area contributed by atoms with Crippen LogP contribution < -0.4 is 10.5 Å². The van der Waals surface area contributed by atoms with Crippen LogP contribution in [0.1, 0.15) is 37.8 Å². The van der Waals surface area contributed by atoms with Crippen molar-refractivity contribution in [3.63, 3.8) is 0 Å². The lowest BCUT2D eigenvalue weighted by Crippen LogP contribution is -2.49. The van der Waals surface area contributed by atoms with Crippen LogP contribution in [0.3, 0.4) is 0 Å². The van der Waals surface area contributed by atoms with E-state index in [4.69, 9.17) is 15.6 Å². The minimum atomic E-state index is -0.0350. The topological polar surface area (TPSA) is 96.7 Å². The Labute approximate surface area is 216 Å². The first kappa shape index (κ1) is 24.4. The molecule has 5 rings (SSSR count). The average Bonchev–Trinajstić information content (AvgIpc) is 3.28. The number of hydrogen-bond donors (Lipinski definition) is 1. The van der Waals surface area contributed by atoms with Gasteiger partial charge in [-0.05, 0) is 66.2 Å². The van der Waals surface area contributed by atoms with Crippen LogP contribution >= 0.6 is 0 Å². The molecule has 0 radical (unpaired) electrons. The molecule has 188 valence electrons. The number of benzene rings is 2. The monoisotopic (exact) mass is 495 g/mol. The van der Waals surface area contributed by atoms with Crippen molar-refractivity contribution in [3.8, 4) is 11.5 Å². The lowest BCUT2D eigenvalue weighted by molar-refractivity contribution is -0.442. The Bertz CT molecular complexity index is 1360. The number of nitrogen functional groups attached to an aromatic ring is 1. The Morgan fingerprint density at radius 3 is 2.54 bits per heavy atom. The van der Waals surface area contributed by atoms with Crippen molar-refractivity contribution in [1.82, 2.24) is 14.9 Å². The molecule has 8 heteroatoms. The molecule has 1 aromatic heterocycles. The molecule has 0 bridgehead atoms. The largest absolute Gasteiger partial charge is 0.457 e. The van der Waals surface area contributed by atoms with Crippen molar-refractivity contribution >= 4 is 29.5 Å². The molecule has 2 aromatic carbocycles. The Kier molecular flexibility index (Phi) is 6.81. The second kappa shape index (κ2) is 10.3. The molecule has 1 amide bonds. The molecule has 2 atom stereocenters. The molecule has 8 nitrogen and oxygen atoms in total. The van der Waals surface area contributed by atoms with Gasteiger partial charge in [-0.3, -0.25) is 4.79 Å². The third-order valence-corrected chi connectivity index (χ3v) is 6.87. The highest BCUT2D eigenvalue weighted by molar-refractivity contribution is 6.18. The number of rotatable bonds is 6. The van der Waals surface area contributed by atoms with Crippen LogP contribution in [0.4, 0.5) is 11.6 Å². The SMILES string of the molecule is C=CC(=O)N1CC(/C=[N+]2/N=C(c3ccc(Oc4ccccc4)cc3)c3c(N)ncnc32)CCC1C(C)C. The smallest absolute Gasteiger partial charge is 0.363 e. The van der Waals surface area contributed by atoms with Gasteiger partial charge in [0.2, 0.25) is 12.2 Å². The molecule has 3 heterocycles. The van der Waals surface area contributed by atoms with Crippen molar-refractivity contribution in [3.05, 3.63) is 84.7 Å². The molecule has 0 spiro atoms. The van der Waals surface area contributed by atoms with Gasteiger partial charge in [0.15, 0.2) is 0 Å². The molecule has 1 saturated heterocycles. The van der Waals surface area contributed by atoms with Crippen LogP contribution in [0.25, 0.3) is 0 Å². The van der Waals surface area contributed by atoms with Gasteiger partial charge in [0.1, 0.15) is 34.8 Å². The molecule has 2 N–H and O–H groups in total. The highest BCUT2D eigenvalue weighted by atomic mass is 16.5. The maximum atomic E-state index is 12.6. The Balaban J connectivity index is 1.44. The molecular formula is C29H31N6O2+. The van der Waals surface area contributed by atoms with Crippen molar-refractivity contribution in [1.29, 1.82) is 0 Å². The highest BCUT2D eigenvalue weighted by Gasteiger charge is 2.36. The number of ether oxygens (including phenoxy) is 1. The van der Waals surface area contributed by atoms with E-state index < -0.39 is 0 Å². The zero-order chi connectivity index (χ0) is 25.9. The number of likely N-dealkylation sites (tertiary alicyclic amines) is 1. The number of carbonyl (C=O) groups is 1. The van der Waals surface area contributed by atoms with Crippen LogP contribution in [-0.2, 0) is 4.79 Å². The summed E-state index contributed by atoms with van der Waals surface area (Å²) in [6, 6.07) is 17.6. The van der Waals surface area contributed by atoms with Gasteiger partial charge in [0.05, 0.1) is 0 Å². The van der Waals surface area contributed by atoms with Gasteiger partial charge in [-0.15, -0.1) is 4.68 Å². The van der Waals surface area contributed by atoms with Gasteiger partial charge >= 0.3 is 5.82 Å². The van der Waals surface area contributed by atoms with Crippen molar-refractivity contribution < 1.29 is 14.2 Å². The third kappa shape index (κ3) is 5.00. The Morgan fingerprint density at radius 2 is 1.84 bits per heavy atom. The first-order valence-electron chi connectivity index (χ1n) is 12.5. The number of para-hydroxylation sites is 1. The Hall–Kier alpha value is -4.33. The van der Waals surface area contributed by atoms with E-state index in [0.717, 1.165) is 29.9 Å². The zero-order valence-electron chi connectivity index (χ0n) is 21.1. The molecular weight excluding hydrogens is 464 g/mol. The van der Waals surface area contributed by atoms with Crippen LogP contribution in [-0.4, -0.2) is 50.0 Å². The highest BCUT2D eigenvalue weighted by Crippen LogP contribution is 2.33. The van der Waals surface area contributed by atoms with Crippen molar-refractivity contribution in [2.75, 3.05) is 12.3 Å². The third-order valence-electron chi connectivity index (χ3n) is 6.87. The van der Waals surface area contributed by atoms with Gasteiger partial charge in [0.25, 0.3) is 0 Å². The number of carbonyl (C=O) groups excluding carboxylic acids is 1. The fourth-order valence-electron chi connectivity index (χ4n) is 5.01. The predicted molar refractivity (Wildman–Crippen MR) is 144 cm³/mol. The fraction of sp³-hybridized carbons (Fsp3) is 0.276. The predicted octanol–water partition coefficient (Wildman–Crippen LogP) is 4.78. The second-order valence-corrected chi connectivity index (χ2v) is 9.68. The van der Waals surface area contributed by atoms with E-state index in [2.05, 4.69) is 30.4 Å². The number of nitrogens with two attached hydrogens (primary N) is 1. The number of hydrazone groups is 1. The van der Waals surface area contributed by atoms with Crippen LogP contribution in [0, 0.1) is 11.8 Å². The van der Waals surface area contributed by atoms with E-state index in [0.29, 0.717) is 35.4 Å². The van der Waals surface area contributed by atoms with Gasteiger partial charge in [0, 0.05) is 24.1 Å². The number of fused-ring (bicyclic) bond motifs is 1. The summed E-state index contributed by atoms with van der Waals surface area (Å²) < 4.78 is 7.72. The van der Waals surface area contributed by atoms with Crippen LogP contribution in [0.5, 0.6) is 11.5 Å².